The fourth-order valence-electron chi connectivity index (χ4n) is 4.91. The van der Waals surface area contributed by atoms with Gasteiger partial charge in [-0.2, -0.15) is 9.61 Å². The largest absolute Gasteiger partial charge is 0.391 e. The zero-order valence-electron chi connectivity index (χ0n) is 19.9. The summed E-state index contributed by atoms with van der Waals surface area (Å²) in [5, 5.41) is 23.6. The maximum atomic E-state index is 13.1. The summed E-state index contributed by atoms with van der Waals surface area (Å²) >= 11 is 0. The van der Waals surface area contributed by atoms with Crippen LogP contribution >= 0.6 is 0 Å². The number of nitrogens with zero attached hydrogens (tertiary/aromatic N) is 4. The summed E-state index contributed by atoms with van der Waals surface area (Å²) in [6.45, 7) is 0. The molecule has 4 N–H and O–H groups in total. The molecule has 3 heterocycles. The third-order valence-corrected chi connectivity index (χ3v) is 7.06. The smallest absolute Gasteiger partial charge is 0.274 e. The van der Waals surface area contributed by atoms with Crippen LogP contribution in [0.25, 0.3) is 5.65 Å². The van der Waals surface area contributed by atoms with E-state index in [9.17, 15) is 14.7 Å². The van der Waals surface area contributed by atoms with E-state index in [1.807, 2.05) is 0 Å². The molecule has 5 rings (SSSR count). The second-order valence-corrected chi connectivity index (χ2v) is 9.24. The summed E-state index contributed by atoms with van der Waals surface area (Å²) in [6.07, 6.45) is 7.98. The minimum absolute atomic E-state index is 0.0332. The molecule has 1 amide bonds. The van der Waals surface area contributed by atoms with E-state index in [1.165, 1.54) is 6.20 Å². The molecule has 11 heteroatoms. The monoisotopic (exact) mass is 481 g/mol. The number of carbonyl (C=O) groups excluding carboxylic acids is 1. The summed E-state index contributed by atoms with van der Waals surface area (Å²) in [6, 6.07) is 4.98. The van der Waals surface area contributed by atoms with Crippen molar-refractivity contribution >= 4 is 28.9 Å². The predicted octanol–water partition coefficient (Wildman–Crippen LogP) is 2.06. The van der Waals surface area contributed by atoms with Crippen LogP contribution in [-0.4, -0.2) is 62.6 Å². The fraction of sp³-hybridized carbons (Fsp3) is 0.500. The Balaban J connectivity index is 1.43. The van der Waals surface area contributed by atoms with E-state index in [2.05, 4.69) is 26.0 Å². The van der Waals surface area contributed by atoms with Gasteiger partial charge in [0, 0.05) is 32.5 Å². The van der Waals surface area contributed by atoms with Crippen LogP contribution in [0.15, 0.2) is 35.4 Å². The highest BCUT2D eigenvalue weighted by molar-refractivity contribution is 6.00. The molecule has 0 bridgehead atoms. The lowest BCUT2D eigenvalue weighted by atomic mass is 9.89. The van der Waals surface area contributed by atoms with Gasteiger partial charge in [0.1, 0.15) is 22.9 Å². The minimum Gasteiger partial charge on any atom is -0.391 e. The Hall–Kier alpha value is -3.44. The molecule has 0 saturated heterocycles. The molecule has 186 valence electrons. The van der Waals surface area contributed by atoms with Gasteiger partial charge in [0.05, 0.1) is 24.4 Å². The molecule has 0 aromatic carbocycles. The van der Waals surface area contributed by atoms with Crippen molar-refractivity contribution in [1.82, 2.24) is 24.5 Å². The molecule has 11 nitrogen and oxygen atoms in total. The molecule has 3 aromatic heterocycles. The van der Waals surface area contributed by atoms with Crippen molar-refractivity contribution in [1.29, 1.82) is 0 Å². The summed E-state index contributed by atoms with van der Waals surface area (Å²) in [7, 11) is 3.45. The van der Waals surface area contributed by atoms with Crippen LogP contribution in [0.3, 0.4) is 0 Å². The number of hydrogen-bond donors (Lipinski definition) is 4. The van der Waals surface area contributed by atoms with Gasteiger partial charge in [-0.1, -0.05) is 0 Å². The number of pyridine rings is 1. The number of rotatable bonds is 7. The average Bonchev–Trinajstić information content (AvgIpc) is 3.29. The molecule has 0 aliphatic heterocycles. The standard InChI is InChI=1S/C24H31N7O4/c1-25-21-12-20(28-17-7-4-10-30(24(17)34)18-8-9-19(18)32)29-22-16(13-26-31(21)22)23(33)27-14-5-3-6-15(11-14)35-2/h4,7,10,12-15,18-19,25,32H,3,5-6,8-9,11H2,1-2H3,(H,27,33)(H,28,29)/t14-,15-,18+,19-/m1/s1. The van der Waals surface area contributed by atoms with E-state index in [1.54, 1.807) is 47.6 Å². The number of anilines is 3. The van der Waals surface area contributed by atoms with E-state index in [4.69, 9.17) is 4.74 Å². The number of amides is 1. The van der Waals surface area contributed by atoms with Crippen molar-refractivity contribution in [3.8, 4) is 0 Å². The van der Waals surface area contributed by atoms with Crippen molar-refractivity contribution in [2.24, 2.45) is 0 Å². The lowest BCUT2D eigenvalue weighted by Gasteiger charge is -2.34. The third kappa shape index (κ3) is 4.48. The number of aliphatic hydroxyl groups excluding tert-OH is 1. The second kappa shape index (κ2) is 9.67. The van der Waals surface area contributed by atoms with E-state index < -0.39 is 6.10 Å². The molecule has 35 heavy (non-hydrogen) atoms. The van der Waals surface area contributed by atoms with Gasteiger partial charge in [0.25, 0.3) is 11.5 Å². The molecule has 2 aliphatic carbocycles. The highest BCUT2D eigenvalue weighted by atomic mass is 16.5. The SMILES string of the molecule is CNc1cc(Nc2cccn([C@H]3CC[C@H]3O)c2=O)nc2c(C(=O)N[C@@H]3CCC[C@@H](OC)C3)cnn12. The van der Waals surface area contributed by atoms with Crippen LogP contribution < -0.4 is 21.5 Å². The number of nitrogens with one attached hydrogen (secondary N) is 3. The summed E-state index contributed by atoms with van der Waals surface area (Å²) in [5.74, 6) is 0.770. The quantitative estimate of drug-likeness (QED) is 0.403. The third-order valence-electron chi connectivity index (χ3n) is 7.06. The van der Waals surface area contributed by atoms with Crippen LogP contribution in [-0.2, 0) is 4.74 Å². The predicted molar refractivity (Wildman–Crippen MR) is 131 cm³/mol. The number of methoxy groups -OCH3 is 1. The van der Waals surface area contributed by atoms with Crippen LogP contribution in [0, 0.1) is 0 Å². The van der Waals surface area contributed by atoms with E-state index in [0.717, 1.165) is 32.1 Å². The van der Waals surface area contributed by atoms with Crippen molar-refractivity contribution < 1.29 is 14.6 Å². The lowest BCUT2D eigenvalue weighted by molar-refractivity contribution is 0.0300. The Kier molecular flexibility index (Phi) is 6.44. The molecule has 4 atom stereocenters. The number of aromatic nitrogens is 4. The van der Waals surface area contributed by atoms with Gasteiger partial charge in [-0.15, -0.1) is 0 Å². The Morgan fingerprint density at radius 2 is 2.11 bits per heavy atom. The first kappa shape index (κ1) is 23.3. The van der Waals surface area contributed by atoms with Gasteiger partial charge < -0.3 is 30.4 Å². The van der Waals surface area contributed by atoms with Crippen LogP contribution in [0.4, 0.5) is 17.3 Å². The molecule has 0 unspecified atom stereocenters. The molecule has 2 fully saturated rings. The van der Waals surface area contributed by atoms with Crippen molar-refractivity contribution in [2.75, 3.05) is 24.8 Å². The van der Waals surface area contributed by atoms with E-state index in [-0.39, 0.29) is 29.7 Å². The van der Waals surface area contributed by atoms with Crippen molar-refractivity contribution in [3.05, 3.63) is 46.5 Å². The maximum Gasteiger partial charge on any atom is 0.274 e. The Morgan fingerprint density at radius 3 is 2.83 bits per heavy atom. The molecular weight excluding hydrogens is 450 g/mol. The highest BCUT2D eigenvalue weighted by Gasteiger charge is 2.31. The topological polar surface area (TPSA) is 135 Å². The van der Waals surface area contributed by atoms with Crippen molar-refractivity contribution in [3.63, 3.8) is 0 Å². The van der Waals surface area contributed by atoms with Gasteiger partial charge in [-0.3, -0.25) is 9.59 Å². The number of carbonyl (C=O) groups is 1. The van der Waals surface area contributed by atoms with Gasteiger partial charge in [-0.05, 0) is 50.7 Å². The highest BCUT2D eigenvalue weighted by Crippen LogP contribution is 2.31. The van der Waals surface area contributed by atoms with Crippen LogP contribution in [0.1, 0.15) is 54.9 Å². The van der Waals surface area contributed by atoms with Crippen LogP contribution in [0.5, 0.6) is 0 Å². The number of fused-ring (bicyclic) bond motifs is 1. The second-order valence-electron chi connectivity index (χ2n) is 9.24. The average molecular weight is 482 g/mol. The zero-order valence-corrected chi connectivity index (χ0v) is 19.9. The Labute approximate surface area is 202 Å². The summed E-state index contributed by atoms with van der Waals surface area (Å²) < 4.78 is 8.60. The molecule has 2 saturated carbocycles. The molecule has 3 aromatic rings. The first-order valence-corrected chi connectivity index (χ1v) is 12.0. The maximum absolute atomic E-state index is 13.1. The summed E-state index contributed by atoms with van der Waals surface area (Å²) in [4.78, 5) is 30.8. The fourth-order valence-corrected chi connectivity index (χ4v) is 4.91. The minimum atomic E-state index is -0.510. The normalized spacial score (nSPS) is 24.1. The van der Waals surface area contributed by atoms with Gasteiger partial charge in [0.15, 0.2) is 5.65 Å². The summed E-state index contributed by atoms with van der Waals surface area (Å²) in [5.41, 5.74) is 0.832. The van der Waals surface area contributed by atoms with Crippen molar-refractivity contribution in [2.45, 2.75) is 62.8 Å². The van der Waals surface area contributed by atoms with E-state index >= 15 is 0 Å². The molecule has 2 aliphatic rings. The number of hydrogen-bond acceptors (Lipinski definition) is 8. The molecule has 0 radical (unpaired) electrons. The van der Waals surface area contributed by atoms with Gasteiger partial charge in [0.2, 0.25) is 0 Å². The van der Waals surface area contributed by atoms with Gasteiger partial charge in [-0.25, -0.2) is 4.98 Å². The molecular formula is C24H31N7O4. The number of ether oxygens (including phenoxy) is 1. The van der Waals surface area contributed by atoms with Gasteiger partial charge >= 0.3 is 0 Å². The molecule has 0 spiro atoms. The van der Waals surface area contributed by atoms with E-state index in [0.29, 0.717) is 35.0 Å². The first-order valence-electron chi connectivity index (χ1n) is 12.0. The lowest BCUT2D eigenvalue weighted by Crippen LogP contribution is -2.40. The Morgan fingerprint density at radius 1 is 1.26 bits per heavy atom. The zero-order chi connectivity index (χ0) is 24.5. The first-order chi connectivity index (χ1) is 17.0. The number of aliphatic hydroxyl groups is 1. The Bertz CT molecular complexity index is 1290. The van der Waals surface area contributed by atoms with Crippen LogP contribution in [0.2, 0.25) is 0 Å².